The van der Waals surface area contributed by atoms with Crippen LogP contribution in [0.15, 0.2) is 12.2 Å². The molecule has 1 atom stereocenters. The lowest BCUT2D eigenvalue weighted by atomic mass is 10.1. The summed E-state index contributed by atoms with van der Waals surface area (Å²) >= 11 is 0. The van der Waals surface area contributed by atoms with Crippen LogP contribution >= 0.6 is 0 Å². The van der Waals surface area contributed by atoms with E-state index in [9.17, 15) is 9.59 Å². The van der Waals surface area contributed by atoms with Gasteiger partial charge in [0.2, 0.25) is 0 Å². The standard InChI is InChI=1S/C8H12O4/c1-3-4-5-6(7(9)10)8(11)12-2/h3-4,6H,5H2,1-2H3,(H,9,10)/b4-3+. The van der Waals surface area contributed by atoms with E-state index in [0.717, 1.165) is 0 Å². The van der Waals surface area contributed by atoms with Crippen molar-refractivity contribution < 1.29 is 19.4 Å². The Balaban J connectivity index is 4.23. The molecule has 0 aromatic carbocycles. The Hall–Kier alpha value is -1.32. The Morgan fingerprint density at radius 1 is 1.58 bits per heavy atom. The zero-order valence-corrected chi connectivity index (χ0v) is 7.11. The minimum Gasteiger partial charge on any atom is -0.481 e. The van der Waals surface area contributed by atoms with Crippen molar-refractivity contribution in [3.05, 3.63) is 12.2 Å². The van der Waals surface area contributed by atoms with Gasteiger partial charge in [0.05, 0.1) is 7.11 Å². The number of ether oxygens (including phenoxy) is 1. The van der Waals surface area contributed by atoms with E-state index in [4.69, 9.17) is 5.11 Å². The van der Waals surface area contributed by atoms with Crippen molar-refractivity contribution in [1.82, 2.24) is 0 Å². The molecule has 4 heteroatoms. The highest BCUT2D eigenvalue weighted by molar-refractivity contribution is 5.93. The largest absolute Gasteiger partial charge is 0.481 e. The molecule has 0 aromatic rings. The van der Waals surface area contributed by atoms with Gasteiger partial charge in [0.25, 0.3) is 0 Å². The summed E-state index contributed by atoms with van der Waals surface area (Å²) in [5, 5.41) is 8.57. The Labute approximate surface area is 70.8 Å². The van der Waals surface area contributed by atoms with Crippen LogP contribution in [-0.2, 0) is 14.3 Å². The molecule has 12 heavy (non-hydrogen) atoms. The third-order valence-corrected chi connectivity index (χ3v) is 1.39. The molecule has 0 saturated heterocycles. The van der Waals surface area contributed by atoms with Crippen LogP contribution in [0.4, 0.5) is 0 Å². The van der Waals surface area contributed by atoms with Crippen molar-refractivity contribution in [2.45, 2.75) is 13.3 Å². The van der Waals surface area contributed by atoms with E-state index < -0.39 is 17.9 Å². The summed E-state index contributed by atoms with van der Waals surface area (Å²) < 4.78 is 4.32. The van der Waals surface area contributed by atoms with Crippen molar-refractivity contribution in [3.8, 4) is 0 Å². The van der Waals surface area contributed by atoms with Gasteiger partial charge in [0, 0.05) is 0 Å². The second-order valence-corrected chi connectivity index (χ2v) is 2.22. The molecular formula is C8H12O4. The predicted octanol–water partition coefficient (Wildman–Crippen LogP) is 0.826. The van der Waals surface area contributed by atoms with E-state index in [1.165, 1.54) is 7.11 Å². The number of carbonyl (C=O) groups is 2. The van der Waals surface area contributed by atoms with Gasteiger partial charge in [-0.2, -0.15) is 0 Å². The summed E-state index contributed by atoms with van der Waals surface area (Å²) in [7, 11) is 1.17. The maximum Gasteiger partial charge on any atom is 0.320 e. The van der Waals surface area contributed by atoms with Gasteiger partial charge in [-0.3, -0.25) is 9.59 Å². The van der Waals surface area contributed by atoms with Crippen molar-refractivity contribution >= 4 is 11.9 Å². The number of carboxylic acid groups (broad SMARTS) is 1. The normalized spacial score (nSPS) is 12.8. The lowest BCUT2D eigenvalue weighted by Gasteiger charge is -2.05. The van der Waals surface area contributed by atoms with E-state index in [-0.39, 0.29) is 6.42 Å². The highest BCUT2D eigenvalue weighted by Gasteiger charge is 2.25. The molecule has 0 aliphatic rings. The smallest absolute Gasteiger partial charge is 0.320 e. The van der Waals surface area contributed by atoms with Crippen LogP contribution in [0.2, 0.25) is 0 Å². The Morgan fingerprint density at radius 3 is 2.50 bits per heavy atom. The molecule has 0 radical (unpaired) electrons. The fourth-order valence-electron chi connectivity index (χ4n) is 0.712. The molecule has 0 spiro atoms. The van der Waals surface area contributed by atoms with Gasteiger partial charge < -0.3 is 9.84 Å². The summed E-state index contributed by atoms with van der Waals surface area (Å²) in [4.78, 5) is 21.3. The number of esters is 1. The highest BCUT2D eigenvalue weighted by Crippen LogP contribution is 2.06. The highest BCUT2D eigenvalue weighted by atomic mass is 16.5. The minimum atomic E-state index is -1.15. The molecule has 0 aliphatic heterocycles. The van der Waals surface area contributed by atoms with Gasteiger partial charge in [-0.15, -0.1) is 0 Å². The Kier molecular flexibility index (Phi) is 4.76. The van der Waals surface area contributed by atoms with Gasteiger partial charge in [-0.1, -0.05) is 12.2 Å². The second-order valence-electron chi connectivity index (χ2n) is 2.22. The first-order valence-corrected chi connectivity index (χ1v) is 3.55. The number of carboxylic acids is 1. The first-order chi connectivity index (χ1) is 5.63. The second kappa shape index (κ2) is 5.35. The Bertz CT molecular complexity index is 195. The first-order valence-electron chi connectivity index (χ1n) is 3.55. The van der Waals surface area contributed by atoms with Crippen LogP contribution in [-0.4, -0.2) is 24.2 Å². The SMILES string of the molecule is C/C=C/CC(C(=O)O)C(=O)OC. The van der Waals surface area contributed by atoms with Gasteiger partial charge in [-0.25, -0.2) is 0 Å². The number of hydrogen-bond donors (Lipinski definition) is 1. The van der Waals surface area contributed by atoms with Crippen molar-refractivity contribution in [3.63, 3.8) is 0 Å². The van der Waals surface area contributed by atoms with Crippen LogP contribution in [0.1, 0.15) is 13.3 Å². The summed E-state index contributed by atoms with van der Waals surface area (Å²) in [6.45, 7) is 1.76. The molecule has 0 heterocycles. The lowest BCUT2D eigenvalue weighted by Crippen LogP contribution is -2.24. The molecule has 1 N–H and O–H groups in total. The van der Waals surface area contributed by atoms with E-state index in [1.54, 1.807) is 19.1 Å². The van der Waals surface area contributed by atoms with E-state index >= 15 is 0 Å². The molecule has 68 valence electrons. The van der Waals surface area contributed by atoms with Crippen LogP contribution in [0.25, 0.3) is 0 Å². The average molecular weight is 172 g/mol. The molecule has 0 bridgehead atoms. The van der Waals surface area contributed by atoms with E-state index in [0.29, 0.717) is 0 Å². The third kappa shape index (κ3) is 3.18. The number of allylic oxidation sites excluding steroid dienone is 2. The van der Waals surface area contributed by atoms with Crippen LogP contribution < -0.4 is 0 Å². The number of hydrogen-bond acceptors (Lipinski definition) is 3. The van der Waals surface area contributed by atoms with Gasteiger partial charge >= 0.3 is 11.9 Å². The Morgan fingerprint density at radius 2 is 2.17 bits per heavy atom. The number of carbonyl (C=O) groups excluding carboxylic acids is 1. The molecule has 0 amide bonds. The summed E-state index contributed by atoms with van der Waals surface area (Å²) in [5.41, 5.74) is 0. The minimum absolute atomic E-state index is 0.179. The topological polar surface area (TPSA) is 63.6 Å². The fraction of sp³-hybridized carbons (Fsp3) is 0.500. The lowest BCUT2D eigenvalue weighted by molar-refractivity contribution is -0.156. The van der Waals surface area contributed by atoms with Crippen molar-refractivity contribution in [1.29, 1.82) is 0 Å². The number of aliphatic carboxylic acids is 1. The van der Waals surface area contributed by atoms with Crippen molar-refractivity contribution in [2.24, 2.45) is 5.92 Å². The zero-order chi connectivity index (χ0) is 9.56. The van der Waals surface area contributed by atoms with Crippen LogP contribution in [0.5, 0.6) is 0 Å². The van der Waals surface area contributed by atoms with Crippen molar-refractivity contribution in [2.75, 3.05) is 7.11 Å². The third-order valence-electron chi connectivity index (χ3n) is 1.39. The molecule has 0 aromatic heterocycles. The van der Waals surface area contributed by atoms with E-state index in [1.807, 2.05) is 0 Å². The molecule has 0 fully saturated rings. The van der Waals surface area contributed by atoms with Gasteiger partial charge in [0.15, 0.2) is 5.92 Å². The monoisotopic (exact) mass is 172 g/mol. The number of methoxy groups -OCH3 is 1. The quantitative estimate of drug-likeness (QED) is 0.387. The zero-order valence-electron chi connectivity index (χ0n) is 7.11. The van der Waals surface area contributed by atoms with E-state index in [2.05, 4.69) is 4.74 Å². The molecule has 0 aliphatic carbocycles. The molecule has 1 unspecified atom stereocenters. The maximum atomic E-state index is 10.8. The molecular weight excluding hydrogens is 160 g/mol. The average Bonchev–Trinajstić information content (AvgIpc) is 2.04. The maximum absolute atomic E-state index is 10.8. The molecule has 4 nitrogen and oxygen atoms in total. The predicted molar refractivity (Wildman–Crippen MR) is 42.6 cm³/mol. The van der Waals surface area contributed by atoms with Gasteiger partial charge in [0.1, 0.15) is 0 Å². The molecule has 0 rings (SSSR count). The van der Waals surface area contributed by atoms with Gasteiger partial charge in [-0.05, 0) is 13.3 Å². The first kappa shape index (κ1) is 10.7. The van der Waals surface area contributed by atoms with Crippen LogP contribution in [0, 0.1) is 5.92 Å². The number of rotatable bonds is 4. The summed E-state index contributed by atoms with van der Waals surface area (Å²) in [6, 6.07) is 0. The summed E-state index contributed by atoms with van der Waals surface area (Å²) in [5.74, 6) is -2.94. The fourth-order valence-corrected chi connectivity index (χ4v) is 0.712. The summed E-state index contributed by atoms with van der Waals surface area (Å²) in [6.07, 6.45) is 3.49. The van der Waals surface area contributed by atoms with Crippen LogP contribution in [0.3, 0.4) is 0 Å². The molecule has 0 saturated carbocycles.